The van der Waals surface area contributed by atoms with E-state index in [0.717, 1.165) is 6.08 Å². The van der Waals surface area contributed by atoms with E-state index in [0.29, 0.717) is 24.0 Å². The molecule has 2 aliphatic heterocycles. The SMILES string of the molecule is COC(=O)C1=CO[C@@H](OC2OC(COC(=O)/C=C/c3cc(OC)c(O)c(OC)c3)C(O)C(O)C2O)[C@@H]2C(CO)CC[C@H]12. The molecule has 0 aromatic heterocycles. The van der Waals surface area contributed by atoms with Crippen LogP contribution in [0.15, 0.2) is 30.0 Å². The van der Waals surface area contributed by atoms with Gasteiger partial charge in [-0.25, -0.2) is 9.59 Å². The molecule has 0 amide bonds. The Morgan fingerprint density at radius 3 is 2.31 bits per heavy atom. The van der Waals surface area contributed by atoms with Crippen LogP contribution >= 0.6 is 0 Å². The van der Waals surface area contributed by atoms with Gasteiger partial charge in [0.25, 0.3) is 0 Å². The van der Waals surface area contributed by atoms with Crippen molar-refractivity contribution in [2.75, 3.05) is 34.5 Å². The molecule has 1 aliphatic carbocycles. The standard InChI is InChI=1S/C28H36O14/c1-36-17-8-13(9-18(37-2)22(17)31)4-7-20(30)39-12-19-23(32)24(33)25(34)28(41-19)42-27-21-14(10-29)5-6-15(21)16(11-40-27)26(35)38-3/h4,7-9,11,14-15,19,21,23-25,27-29,31-34H,5-6,10,12H2,1-3H3/b7-4+/t14?,15-,19?,21-,23?,24?,25?,27+,28?/m1/s1. The van der Waals surface area contributed by atoms with Crippen molar-refractivity contribution >= 4 is 18.0 Å². The lowest BCUT2D eigenvalue weighted by atomic mass is 9.83. The zero-order valence-electron chi connectivity index (χ0n) is 23.3. The fourth-order valence-corrected chi connectivity index (χ4v) is 5.54. The summed E-state index contributed by atoms with van der Waals surface area (Å²) in [7, 11) is 3.98. The summed E-state index contributed by atoms with van der Waals surface area (Å²) in [6.07, 6.45) is -3.98. The van der Waals surface area contributed by atoms with Gasteiger partial charge in [-0.2, -0.15) is 0 Å². The lowest BCUT2D eigenvalue weighted by Crippen LogP contribution is -2.60. The molecule has 2 fully saturated rings. The van der Waals surface area contributed by atoms with Gasteiger partial charge in [0.2, 0.25) is 12.0 Å². The number of aliphatic hydroxyl groups is 4. The summed E-state index contributed by atoms with van der Waals surface area (Å²) in [6, 6.07) is 2.95. The number of benzene rings is 1. The number of esters is 2. The van der Waals surface area contributed by atoms with Gasteiger partial charge >= 0.3 is 11.9 Å². The number of carbonyl (C=O) groups excluding carboxylic acids is 2. The van der Waals surface area contributed by atoms with Gasteiger partial charge in [-0.15, -0.1) is 0 Å². The maximum absolute atomic E-state index is 12.4. The Hall–Kier alpha value is -3.40. The molecule has 42 heavy (non-hydrogen) atoms. The number of methoxy groups -OCH3 is 3. The van der Waals surface area contributed by atoms with E-state index in [2.05, 4.69) is 0 Å². The highest BCUT2D eigenvalue weighted by Crippen LogP contribution is 2.47. The van der Waals surface area contributed by atoms with Crippen LogP contribution in [0.2, 0.25) is 0 Å². The van der Waals surface area contributed by atoms with Crippen molar-refractivity contribution in [3.05, 3.63) is 35.6 Å². The highest BCUT2D eigenvalue weighted by Gasteiger charge is 2.52. The molecule has 5 N–H and O–H groups in total. The number of rotatable bonds is 10. The van der Waals surface area contributed by atoms with E-state index < -0.39 is 61.5 Å². The Morgan fingerprint density at radius 2 is 1.69 bits per heavy atom. The normalized spacial score (nSPS) is 32.5. The maximum Gasteiger partial charge on any atom is 0.337 e. The average Bonchev–Trinajstić information content (AvgIpc) is 3.44. The first kappa shape index (κ1) is 31.5. The van der Waals surface area contributed by atoms with Crippen LogP contribution in [0, 0.1) is 17.8 Å². The van der Waals surface area contributed by atoms with Crippen LogP contribution in [-0.4, -0.2) is 109 Å². The Labute approximate surface area is 241 Å². The minimum Gasteiger partial charge on any atom is -0.502 e. The van der Waals surface area contributed by atoms with Crippen LogP contribution in [0.1, 0.15) is 18.4 Å². The number of hydrogen-bond donors (Lipinski definition) is 5. The number of aromatic hydroxyl groups is 1. The quantitative estimate of drug-likeness (QED) is 0.176. The predicted molar refractivity (Wildman–Crippen MR) is 141 cm³/mol. The first-order valence-electron chi connectivity index (χ1n) is 13.3. The minimum absolute atomic E-state index is 0.132. The molecule has 14 nitrogen and oxygen atoms in total. The van der Waals surface area contributed by atoms with E-state index in [1.807, 2.05) is 0 Å². The molecule has 1 saturated heterocycles. The monoisotopic (exact) mass is 596 g/mol. The summed E-state index contributed by atoms with van der Waals surface area (Å²) in [5, 5.41) is 51.5. The molecule has 2 heterocycles. The second-order valence-corrected chi connectivity index (χ2v) is 10.2. The predicted octanol–water partition coefficient (Wildman–Crippen LogP) is -0.162. The summed E-state index contributed by atoms with van der Waals surface area (Å²) >= 11 is 0. The number of ether oxygens (including phenoxy) is 7. The first-order valence-corrected chi connectivity index (χ1v) is 13.3. The van der Waals surface area contributed by atoms with Crippen LogP contribution in [0.4, 0.5) is 0 Å². The second-order valence-electron chi connectivity index (χ2n) is 10.2. The molecule has 4 rings (SSSR count). The fourth-order valence-electron chi connectivity index (χ4n) is 5.54. The summed E-state index contributed by atoms with van der Waals surface area (Å²) in [5.74, 6) is -2.40. The molecule has 6 unspecified atom stereocenters. The topological polar surface area (TPSA) is 200 Å². The lowest BCUT2D eigenvalue weighted by Gasteiger charge is -2.43. The Morgan fingerprint density at radius 1 is 1.00 bits per heavy atom. The van der Waals surface area contributed by atoms with Crippen molar-refractivity contribution in [2.24, 2.45) is 17.8 Å². The largest absolute Gasteiger partial charge is 0.502 e. The van der Waals surface area contributed by atoms with Crippen molar-refractivity contribution in [2.45, 2.75) is 49.8 Å². The second kappa shape index (κ2) is 13.7. The van der Waals surface area contributed by atoms with E-state index in [1.165, 1.54) is 45.8 Å². The third kappa shape index (κ3) is 6.48. The van der Waals surface area contributed by atoms with E-state index in [1.54, 1.807) is 0 Å². The van der Waals surface area contributed by atoms with Crippen LogP contribution in [0.5, 0.6) is 17.2 Å². The minimum atomic E-state index is -1.71. The van der Waals surface area contributed by atoms with E-state index in [9.17, 15) is 35.1 Å². The molecular weight excluding hydrogens is 560 g/mol. The molecule has 0 bridgehead atoms. The molecule has 1 aromatic rings. The number of fused-ring (bicyclic) bond motifs is 1. The third-order valence-corrected chi connectivity index (χ3v) is 7.80. The van der Waals surface area contributed by atoms with Crippen molar-refractivity contribution in [1.82, 2.24) is 0 Å². The molecule has 0 spiro atoms. The first-order chi connectivity index (χ1) is 20.1. The smallest absolute Gasteiger partial charge is 0.337 e. The molecule has 0 radical (unpaired) electrons. The van der Waals surface area contributed by atoms with E-state index >= 15 is 0 Å². The number of phenols is 1. The maximum atomic E-state index is 12.4. The molecule has 1 saturated carbocycles. The van der Waals surface area contributed by atoms with Crippen molar-refractivity contribution in [3.8, 4) is 17.2 Å². The lowest BCUT2D eigenvalue weighted by molar-refractivity contribution is -0.343. The van der Waals surface area contributed by atoms with Crippen molar-refractivity contribution < 1.29 is 68.3 Å². The number of hydrogen-bond acceptors (Lipinski definition) is 14. The Bertz CT molecular complexity index is 1160. The van der Waals surface area contributed by atoms with Crippen LogP contribution in [0.3, 0.4) is 0 Å². The van der Waals surface area contributed by atoms with E-state index in [-0.39, 0.29) is 35.7 Å². The highest BCUT2D eigenvalue weighted by molar-refractivity contribution is 5.89. The summed E-state index contributed by atoms with van der Waals surface area (Å²) in [4.78, 5) is 24.6. The fraction of sp³-hybridized carbons (Fsp3) is 0.571. The van der Waals surface area contributed by atoms with Gasteiger partial charge in [-0.05, 0) is 42.5 Å². The molecule has 1 aromatic carbocycles. The van der Waals surface area contributed by atoms with Crippen LogP contribution < -0.4 is 9.47 Å². The average molecular weight is 597 g/mol. The van der Waals surface area contributed by atoms with Gasteiger partial charge < -0.3 is 58.7 Å². The zero-order valence-corrected chi connectivity index (χ0v) is 23.3. The van der Waals surface area contributed by atoms with Crippen molar-refractivity contribution in [1.29, 1.82) is 0 Å². The molecule has 14 heteroatoms. The third-order valence-electron chi connectivity index (χ3n) is 7.80. The van der Waals surface area contributed by atoms with Gasteiger partial charge in [0, 0.05) is 24.5 Å². The Kier molecular flexibility index (Phi) is 10.3. The van der Waals surface area contributed by atoms with Gasteiger partial charge in [0.15, 0.2) is 17.8 Å². The van der Waals surface area contributed by atoms with Gasteiger partial charge in [-0.1, -0.05) is 0 Å². The van der Waals surface area contributed by atoms with Crippen LogP contribution in [0.25, 0.3) is 6.08 Å². The van der Waals surface area contributed by atoms with Crippen molar-refractivity contribution in [3.63, 3.8) is 0 Å². The summed E-state index contributed by atoms with van der Waals surface area (Å²) in [6.45, 7) is -0.691. The summed E-state index contributed by atoms with van der Waals surface area (Å²) in [5.41, 5.74) is 0.767. The van der Waals surface area contributed by atoms with Crippen LogP contribution in [-0.2, 0) is 33.3 Å². The zero-order chi connectivity index (χ0) is 30.6. The summed E-state index contributed by atoms with van der Waals surface area (Å²) < 4.78 is 37.4. The van der Waals surface area contributed by atoms with Gasteiger partial charge in [0.05, 0.1) is 33.2 Å². The van der Waals surface area contributed by atoms with Gasteiger partial charge in [0.1, 0.15) is 31.0 Å². The van der Waals surface area contributed by atoms with Gasteiger partial charge in [-0.3, -0.25) is 0 Å². The molecular formula is C28H36O14. The molecule has 3 aliphatic rings. The number of aliphatic hydroxyl groups excluding tert-OH is 4. The highest BCUT2D eigenvalue weighted by atomic mass is 16.8. The number of carbonyl (C=O) groups is 2. The Balaban J connectivity index is 1.41. The molecule has 232 valence electrons. The number of phenolic OH excluding ortho intramolecular Hbond substituents is 1. The molecule has 9 atom stereocenters. The van der Waals surface area contributed by atoms with E-state index in [4.69, 9.17) is 33.2 Å².